The van der Waals surface area contributed by atoms with Gasteiger partial charge in [-0.2, -0.15) is 8.42 Å². The van der Waals surface area contributed by atoms with Crippen LogP contribution in [0.3, 0.4) is 0 Å². The smallest absolute Gasteiger partial charge is 0.309 e. The van der Waals surface area contributed by atoms with E-state index in [1.165, 1.54) is 19.9 Å². The third-order valence-electron chi connectivity index (χ3n) is 1.81. The standard InChI is InChI=1S/C9H10BrFO3S/c1-3-15(12,13)14-9-7(10)5-4-6(2)8(9)11/h4-5H,3H2,1-2H3. The van der Waals surface area contributed by atoms with E-state index in [9.17, 15) is 12.8 Å². The van der Waals surface area contributed by atoms with Crippen LogP contribution in [0.2, 0.25) is 0 Å². The van der Waals surface area contributed by atoms with Crippen molar-refractivity contribution in [2.45, 2.75) is 13.8 Å². The van der Waals surface area contributed by atoms with E-state index in [2.05, 4.69) is 20.1 Å². The number of halogens is 2. The highest BCUT2D eigenvalue weighted by molar-refractivity contribution is 9.10. The predicted octanol–water partition coefficient (Wildman–Crippen LogP) is 2.63. The van der Waals surface area contributed by atoms with Gasteiger partial charge in [0.1, 0.15) is 0 Å². The van der Waals surface area contributed by atoms with Gasteiger partial charge in [0.25, 0.3) is 0 Å². The number of hydrogen-bond donors (Lipinski definition) is 0. The average Bonchev–Trinajstić information content (AvgIpc) is 2.19. The van der Waals surface area contributed by atoms with E-state index in [-0.39, 0.29) is 16.0 Å². The summed E-state index contributed by atoms with van der Waals surface area (Å²) in [7, 11) is -3.70. The maximum absolute atomic E-state index is 13.5. The lowest BCUT2D eigenvalue weighted by molar-refractivity contribution is 0.459. The fourth-order valence-corrected chi connectivity index (χ4v) is 1.92. The zero-order valence-corrected chi connectivity index (χ0v) is 10.7. The summed E-state index contributed by atoms with van der Waals surface area (Å²) >= 11 is 3.03. The minimum atomic E-state index is -3.70. The van der Waals surface area contributed by atoms with E-state index in [1.807, 2.05) is 0 Å². The van der Waals surface area contributed by atoms with Crippen molar-refractivity contribution in [2.75, 3.05) is 5.75 Å². The molecule has 0 saturated carbocycles. The number of rotatable bonds is 3. The highest BCUT2D eigenvalue weighted by Crippen LogP contribution is 2.31. The van der Waals surface area contributed by atoms with Gasteiger partial charge in [-0.1, -0.05) is 6.07 Å². The largest absolute Gasteiger partial charge is 0.378 e. The molecule has 0 aromatic heterocycles. The fourth-order valence-electron chi connectivity index (χ4n) is 0.893. The summed E-state index contributed by atoms with van der Waals surface area (Å²) in [6.45, 7) is 2.96. The lowest BCUT2D eigenvalue weighted by Crippen LogP contribution is -2.13. The van der Waals surface area contributed by atoms with Gasteiger partial charge >= 0.3 is 10.1 Å². The first-order chi connectivity index (χ1) is 6.87. The van der Waals surface area contributed by atoms with Crippen LogP contribution in [0, 0.1) is 12.7 Å². The van der Waals surface area contributed by atoms with Crippen molar-refractivity contribution in [1.82, 2.24) is 0 Å². The third-order valence-corrected chi connectivity index (χ3v) is 3.56. The lowest BCUT2D eigenvalue weighted by Gasteiger charge is -2.09. The summed E-state index contributed by atoms with van der Waals surface area (Å²) in [5.74, 6) is -1.15. The van der Waals surface area contributed by atoms with Gasteiger partial charge in [0.2, 0.25) is 0 Å². The Morgan fingerprint density at radius 2 is 2.07 bits per heavy atom. The molecule has 1 aromatic carbocycles. The Morgan fingerprint density at radius 1 is 1.47 bits per heavy atom. The zero-order chi connectivity index (χ0) is 11.6. The van der Waals surface area contributed by atoms with Crippen LogP contribution >= 0.6 is 15.9 Å². The van der Waals surface area contributed by atoms with Gasteiger partial charge in [-0.15, -0.1) is 0 Å². The Balaban J connectivity index is 3.21. The van der Waals surface area contributed by atoms with Gasteiger partial charge < -0.3 is 4.18 Å². The SMILES string of the molecule is CCS(=O)(=O)Oc1c(Br)ccc(C)c1F. The third kappa shape index (κ3) is 2.92. The molecule has 0 aliphatic rings. The summed E-state index contributed by atoms with van der Waals surface area (Å²) < 4.78 is 40.8. The van der Waals surface area contributed by atoms with Crippen molar-refractivity contribution in [3.8, 4) is 5.75 Å². The molecule has 0 amide bonds. The quantitative estimate of drug-likeness (QED) is 0.806. The van der Waals surface area contributed by atoms with Gasteiger partial charge in [-0.25, -0.2) is 4.39 Å². The van der Waals surface area contributed by atoms with E-state index in [0.29, 0.717) is 5.56 Å². The summed E-state index contributed by atoms with van der Waals surface area (Å²) in [6.07, 6.45) is 0. The van der Waals surface area contributed by atoms with Crippen LogP contribution in [-0.2, 0) is 10.1 Å². The fraction of sp³-hybridized carbons (Fsp3) is 0.333. The molecule has 0 unspecified atom stereocenters. The molecule has 0 atom stereocenters. The van der Waals surface area contributed by atoms with Gasteiger partial charge in [-0.3, -0.25) is 0 Å². The van der Waals surface area contributed by atoms with Crippen molar-refractivity contribution in [1.29, 1.82) is 0 Å². The molecule has 0 heterocycles. The number of aryl methyl sites for hydroxylation is 1. The van der Waals surface area contributed by atoms with Crippen molar-refractivity contribution in [2.24, 2.45) is 0 Å². The molecule has 0 aliphatic heterocycles. The highest BCUT2D eigenvalue weighted by atomic mass is 79.9. The van der Waals surface area contributed by atoms with Crippen molar-refractivity contribution >= 4 is 26.0 Å². The molecular formula is C9H10BrFO3S. The van der Waals surface area contributed by atoms with Gasteiger partial charge in [-0.05, 0) is 41.4 Å². The van der Waals surface area contributed by atoms with Gasteiger partial charge in [0.15, 0.2) is 11.6 Å². The maximum atomic E-state index is 13.5. The second-order valence-corrected chi connectivity index (χ2v) is 5.65. The predicted molar refractivity (Wildman–Crippen MR) is 58.9 cm³/mol. The first-order valence-electron chi connectivity index (χ1n) is 4.24. The van der Waals surface area contributed by atoms with Crippen LogP contribution in [0.25, 0.3) is 0 Å². The first kappa shape index (κ1) is 12.4. The Kier molecular flexibility index (Phi) is 3.72. The molecule has 0 fully saturated rings. The monoisotopic (exact) mass is 296 g/mol. The second-order valence-electron chi connectivity index (χ2n) is 2.94. The summed E-state index contributed by atoms with van der Waals surface area (Å²) in [5.41, 5.74) is 0.333. The molecule has 1 aromatic rings. The van der Waals surface area contributed by atoms with E-state index in [0.717, 1.165) is 0 Å². The summed E-state index contributed by atoms with van der Waals surface area (Å²) in [6, 6.07) is 3.07. The molecule has 0 saturated heterocycles. The van der Waals surface area contributed by atoms with Crippen LogP contribution in [0.1, 0.15) is 12.5 Å². The lowest BCUT2D eigenvalue weighted by atomic mass is 10.2. The van der Waals surface area contributed by atoms with Crippen molar-refractivity contribution < 1.29 is 17.0 Å². The molecule has 0 radical (unpaired) electrons. The minimum absolute atomic E-state index is 0.202. The molecule has 6 heteroatoms. The molecule has 0 spiro atoms. The van der Waals surface area contributed by atoms with Crippen LogP contribution in [-0.4, -0.2) is 14.2 Å². The molecule has 0 aliphatic carbocycles. The van der Waals surface area contributed by atoms with E-state index < -0.39 is 15.9 Å². The van der Waals surface area contributed by atoms with Crippen LogP contribution < -0.4 is 4.18 Å². The van der Waals surface area contributed by atoms with Crippen LogP contribution in [0.4, 0.5) is 4.39 Å². The first-order valence-corrected chi connectivity index (χ1v) is 6.61. The second kappa shape index (κ2) is 4.49. The molecule has 15 heavy (non-hydrogen) atoms. The molecular weight excluding hydrogens is 287 g/mol. The summed E-state index contributed by atoms with van der Waals surface area (Å²) in [5, 5.41) is 0. The van der Waals surface area contributed by atoms with Crippen molar-refractivity contribution in [3.63, 3.8) is 0 Å². The van der Waals surface area contributed by atoms with Crippen LogP contribution in [0.5, 0.6) is 5.75 Å². The summed E-state index contributed by atoms with van der Waals surface area (Å²) in [4.78, 5) is 0. The van der Waals surface area contributed by atoms with E-state index in [4.69, 9.17) is 0 Å². The molecule has 1 rings (SSSR count). The highest BCUT2D eigenvalue weighted by Gasteiger charge is 2.17. The van der Waals surface area contributed by atoms with Crippen molar-refractivity contribution in [3.05, 3.63) is 28.0 Å². The molecule has 3 nitrogen and oxygen atoms in total. The Bertz CT molecular complexity index is 470. The normalized spacial score (nSPS) is 11.5. The maximum Gasteiger partial charge on any atom is 0.309 e. The zero-order valence-electron chi connectivity index (χ0n) is 8.25. The topological polar surface area (TPSA) is 43.4 Å². The average molecular weight is 297 g/mol. The number of benzene rings is 1. The van der Waals surface area contributed by atoms with E-state index in [1.54, 1.807) is 6.07 Å². The van der Waals surface area contributed by atoms with Crippen LogP contribution in [0.15, 0.2) is 16.6 Å². The van der Waals surface area contributed by atoms with Gasteiger partial charge in [0.05, 0.1) is 10.2 Å². The minimum Gasteiger partial charge on any atom is -0.378 e. The Hall–Kier alpha value is -0.620. The van der Waals surface area contributed by atoms with E-state index >= 15 is 0 Å². The molecule has 0 bridgehead atoms. The number of hydrogen-bond acceptors (Lipinski definition) is 3. The Morgan fingerprint density at radius 3 is 2.60 bits per heavy atom. The molecule has 0 N–H and O–H groups in total. The molecule has 84 valence electrons. The van der Waals surface area contributed by atoms with Gasteiger partial charge in [0, 0.05) is 0 Å². The Labute approximate surface area is 96.5 Å².